The van der Waals surface area contributed by atoms with Crippen molar-refractivity contribution < 1.29 is 14.2 Å². The third-order valence-electron chi connectivity index (χ3n) is 0.291. The van der Waals surface area contributed by atoms with Gasteiger partial charge >= 0.3 is 61.0 Å². The van der Waals surface area contributed by atoms with Gasteiger partial charge in [0.25, 0.3) is 0 Å². The molecule has 4 nitrogen and oxygen atoms in total. The first-order valence-electron chi connectivity index (χ1n) is 1.89. The molecule has 0 atom stereocenters. The summed E-state index contributed by atoms with van der Waals surface area (Å²) in [5.41, 5.74) is 4.75. The summed E-state index contributed by atoms with van der Waals surface area (Å²) in [6.45, 7) is 1.04. The maximum atomic E-state index is 10.1. The summed E-state index contributed by atoms with van der Waals surface area (Å²) in [5.74, 6) is -5.39. The van der Waals surface area contributed by atoms with E-state index in [9.17, 15) is 4.79 Å². The van der Waals surface area contributed by atoms with Gasteiger partial charge in [0.1, 0.15) is 0 Å². The fourth-order valence-electron chi connectivity index (χ4n) is 0.229. The van der Waals surface area contributed by atoms with E-state index in [1.807, 2.05) is 0 Å². The molecule has 0 aliphatic rings. The maximum absolute atomic E-state index is 10.1. The van der Waals surface area contributed by atoms with Crippen molar-refractivity contribution in [3.05, 3.63) is 0 Å². The van der Waals surface area contributed by atoms with Crippen molar-refractivity contribution in [2.45, 2.75) is 6.92 Å². The molecule has 7 heteroatoms. The van der Waals surface area contributed by atoms with Gasteiger partial charge in [0.15, 0.2) is 0 Å². The number of carbonyl (C=O) groups is 1. The molecule has 0 heterocycles. The fraction of sp³-hybridized carbons (Fsp3) is 0.500. The van der Waals surface area contributed by atoms with Gasteiger partial charge in [-0.3, -0.25) is 0 Å². The Kier molecular flexibility index (Phi) is 2.32. The van der Waals surface area contributed by atoms with Crippen molar-refractivity contribution >= 4 is 34.4 Å². The molecule has 9 heavy (non-hydrogen) atoms. The predicted octanol–water partition coefficient (Wildman–Crippen LogP) is 1.11. The van der Waals surface area contributed by atoms with Crippen LogP contribution in [0.1, 0.15) is 6.92 Å². The summed E-state index contributed by atoms with van der Waals surface area (Å²) >= 11 is 9.94. The fourth-order valence-corrected chi connectivity index (χ4v) is 1.27. The zero-order valence-corrected chi connectivity index (χ0v) is 6.95. The van der Waals surface area contributed by atoms with Gasteiger partial charge in [-0.1, -0.05) is 0 Å². The van der Waals surface area contributed by atoms with E-state index < -0.39 is 11.9 Å². The molecule has 0 aromatic heterocycles. The quantitative estimate of drug-likeness (QED) is 0.613. The van der Waals surface area contributed by atoms with E-state index in [-0.39, 0.29) is 0 Å². The van der Waals surface area contributed by atoms with E-state index in [2.05, 4.69) is 4.52 Å². The SMILES string of the molecule is CC(=O)OP(N)(O)(Cl)Cl. The van der Waals surface area contributed by atoms with Crippen molar-refractivity contribution in [1.29, 1.82) is 0 Å². The number of halogens is 2. The Morgan fingerprint density at radius 3 is 2.11 bits per heavy atom. The summed E-state index contributed by atoms with van der Waals surface area (Å²) < 4.78 is 3.98. The predicted molar refractivity (Wildman–Crippen MR) is 36.8 cm³/mol. The molecule has 0 aliphatic carbocycles. The van der Waals surface area contributed by atoms with Crippen LogP contribution in [0.4, 0.5) is 0 Å². The number of hydrogen-bond donors (Lipinski definition) is 2. The monoisotopic (exact) mass is 193 g/mol. The second-order valence-corrected chi connectivity index (χ2v) is 7.76. The molecule has 0 aromatic carbocycles. The Morgan fingerprint density at radius 2 is 2.11 bits per heavy atom. The number of rotatable bonds is 1. The first kappa shape index (κ1) is 9.40. The van der Waals surface area contributed by atoms with Gasteiger partial charge in [0.05, 0.1) is 0 Å². The van der Waals surface area contributed by atoms with E-state index in [0.29, 0.717) is 0 Å². The van der Waals surface area contributed by atoms with Crippen LogP contribution in [0.5, 0.6) is 0 Å². The van der Waals surface area contributed by atoms with Gasteiger partial charge in [-0.15, -0.1) is 0 Å². The Hall–Kier alpha value is 0.400. The Morgan fingerprint density at radius 1 is 1.78 bits per heavy atom. The first-order valence-corrected chi connectivity index (χ1v) is 5.87. The number of nitrogens with two attached hydrogens (primary N) is 1. The van der Waals surface area contributed by atoms with E-state index in [1.165, 1.54) is 0 Å². The second kappa shape index (κ2) is 2.22. The Labute approximate surface area is 61.6 Å². The van der Waals surface area contributed by atoms with Crippen LogP contribution in [-0.2, 0) is 9.32 Å². The van der Waals surface area contributed by atoms with Crippen molar-refractivity contribution in [3.63, 3.8) is 0 Å². The molecule has 0 radical (unpaired) electrons. The average molecular weight is 194 g/mol. The van der Waals surface area contributed by atoms with E-state index in [0.717, 1.165) is 6.92 Å². The molecule has 0 rings (SSSR count). The van der Waals surface area contributed by atoms with Gasteiger partial charge < -0.3 is 0 Å². The first-order chi connectivity index (χ1) is 3.67. The normalized spacial score (nSPS) is 15.9. The van der Waals surface area contributed by atoms with Crippen LogP contribution in [0.25, 0.3) is 0 Å². The molecular formula is C2H6Cl2NO3P. The molecule has 3 N–H and O–H groups in total. The van der Waals surface area contributed by atoms with Crippen molar-refractivity contribution in [3.8, 4) is 0 Å². The average Bonchev–Trinajstić information content (AvgIpc) is 1.16. The van der Waals surface area contributed by atoms with E-state index >= 15 is 0 Å². The van der Waals surface area contributed by atoms with Gasteiger partial charge in [0, 0.05) is 0 Å². The molecule has 0 unspecified atom stereocenters. The topological polar surface area (TPSA) is 72.5 Å². The van der Waals surface area contributed by atoms with Crippen LogP contribution in [0.15, 0.2) is 0 Å². The van der Waals surface area contributed by atoms with Gasteiger partial charge in [-0.05, 0) is 0 Å². The molecule has 0 fully saturated rings. The van der Waals surface area contributed by atoms with Crippen molar-refractivity contribution in [2.24, 2.45) is 5.50 Å². The van der Waals surface area contributed by atoms with Crippen LogP contribution in [0.2, 0.25) is 0 Å². The summed E-state index contributed by atoms with van der Waals surface area (Å²) in [6.07, 6.45) is 0. The summed E-state index contributed by atoms with van der Waals surface area (Å²) in [7, 11) is 0. The van der Waals surface area contributed by atoms with Crippen LogP contribution >= 0.6 is 28.4 Å². The minimum atomic E-state index is -4.58. The van der Waals surface area contributed by atoms with Crippen LogP contribution in [0, 0.1) is 0 Å². The van der Waals surface area contributed by atoms with Crippen LogP contribution < -0.4 is 5.50 Å². The zero-order valence-electron chi connectivity index (χ0n) is 4.54. The van der Waals surface area contributed by atoms with Crippen molar-refractivity contribution in [2.75, 3.05) is 0 Å². The summed E-state index contributed by atoms with van der Waals surface area (Å²) in [5, 5.41) is 0. The van der Waals surface area contributed by atoms with Gasteiger partial charge in [-0.25, -0.2) is 0 Å². The summed E-state index contributed by atoms with van der Waals surface area (Å²) in [4.78, 5) is 18.7. The van der Waals surface area contributed by atoms with Crippen molar-refractivity contribution in [1.82, 2.24) is 0 Å². The molecule has 56 valence electrons. The molecule has 0 spiro atoms. The second-order valence-electron chi connectivity index (χ2n) is 1.43. The molecule has 0 saturated heterocycles. The van der Waals surface area contributed by atoms with Crippen LogP contribution in [0.3, 0.4) is 0 Å². The number of carbonyl (C=O) groups excluding carboxylic acids is 1. The van der Waals surface area contributed by atoms with E-state index in [4.69, 9.17) is 32.9 Å². The summed E-state index contributed by atoms with van der Waals surface area (Å²) in [6, 6.07) is 0. The van der Waals surface area contributed by atoms with Crippen LogP contribution in [-0.4, -0.2) is 10.9 Å². The number of hydrogen-bond acceptors (Lipinski definition) is 4. The third-order valence-corrected chi connectivity index (χ3v) is 1.29. The van der Waals surface area contributed by atoms with Gasteiger partial charge in [0.2, 0.25) is 0 Å². The molecule has 0 aliphatic heterocycles. The standard InChI is InChI=1S/C2H6Cl2NO3P/c1-2(6)8-9(3,4,5)7/h7H,5H2,1H3. The molecule has 0 saturated carbocycles. The zero-order chi connectivity index (χ0) is 7.73. The Balaban J connectivity index is 4.05. The molecule has 0 aromatic rings. The van der Waals surface area contributed by atoms with E-state index in [1.54, 1.807) is 0 Å². The minimum absolute atomic E-state index is 0.817. The molecular weight excluding hydrogens is 188 g/mol. The molecule has 0 amide bonds. The third kappa shape index (κ3) is 8.40. The Bertz CT molecular complexity index is 131. The molecule has 0 bridgehead atoms. The van der Waals surface area contributed by atoms with Gasteiger partial charge in [-0.2, -0.15) is 0 Å².